The fraction of sp³-hybridized carbons (Fsp3) is 1.00. The molecule has 0 unspecified atom stereocenters. The Kier molecular flexibility index (Phi) is 5.18. The van der Waals surface area contributed by atoms with Crippen molar-refractivity contribution >= 4 is 0 Å². The first-order chi connectivity index (χ1) is 7.41. The van der Waals surface area contributed by atoms with Crippen molar-refractivity contribution in [3.8, 4) is 0 Å². The molecule has 1 heterocycles. The maximum Gasteiger partial charge on any atom is 0.0815 e. The first kappa shape index (κ1) is 13.9. The zero-order valence-electron chi connectivity index (χ0n) is 10.7. The van der Waals surface area contributed by atoms with Gasteiger partial charge < -0.3 is 19.9 Å². The van der Waals surface area contributed by atoms with Gasteiger partial charge >= 0.3 is 0 Å². The highest BCUT2D eigenvalue weighted by Crippen LogP contribution is 2.19. The second-order valence-electron chi connectivity index (χ2n) is 5.47. The van der Waals surface area contributed by atoms with E-state index in [9.17, 15) is 5.11 Å². The Morgan fingerprint density at radius 3 is 2.50 bits per heavy atom. The fourth-order valence-electron chi connectivity index (χ4n) is 1.68. The summed E-state index contributed by atoms with van der Waals surface area (Å²) in [7, 11) is 0. The van der Waals surface area contributed by atoms with E-state index in [4.69, 9.17) is 9.47 Å². The van der Waals surface area contributed by atoms with E-state index in [1.165, 1.54) is 0 Å². The molecule has 0 aliphatic carbocycles. The first-order valence-electron chi connectivity index (χ1n) is 6.06. The van der Waals surface area contributed by atoms with E-state index in [-0.39, 0.29) is 5.60 Å². The lowest BCUT2D eigenvalue weighted by Crippen LogP contribution is -2.45. The minimum absolute atomic E-state index is 0.0861. The summed E-state index contributed by atoms with van der Waals surface area (Å²) in [5.41, 5.74) is -0.669. The monoisotopic (exact) mass is 231 g/mol. The number of aliphatic hydroxyl groups is 1. The molecule has 0 amide bonds. The van der Waals surface area contributed by atoms with Crippen molar-refractivity contribution in [1.82, 2.24) is 5.32 Å². The first-order valence-corrected chi connectivity index (χ1v) is 6.06. The van der Waals surface area contributed by atoms with Crippen LogP contribution in [-0.4, -0.2) is 49.2 Å². The van der Waals surface area contributed by atoms with Crippen LogP contribution in [0.4, 0.5) is 0 Å². The number of hydrogen-bond donors (Lipinski definition) is 2. The van der Waals surface area contributed by atoms with E-state index < -0.39 is 5.60 Å². The number of ether oxygens (including phenoxy) is 2. The zero-order valence-corrected chi connectivity index (χ0v) is 10.7. The minimum atomic E-state index is -0.583. The second kappa shape index (κ2) is 5.96. The van der Waals surface area contributed by atoms with Crippen LogP contribution in [0.15, 0.2) is 0 Å². The molecule has 1 fully saturated rings. The van der Waals surface area contributed by atoms with Crippen molar-refractivity contribution in [2.75, 3.05) is 32.9 Å². The molecule has 0 atom stereocenters. The highest BCUT2D eigenvalue weighted by molar-refractivity contribution is 4.83. The van der Waals surface area contributed by atoms with Crippen molar-refractivity contribution < 1.29 is 14.6 Å². The Morgan fingerprint density at radius 2 is 1.94 bits per heavy atom. The number of rotatable bonds is 5. The molecule has 0 spiro atoms. The lowest BCUT2D eigenvalue weighted by Gasteiger charge is -2.32. The third-order valence-corrected chi connectivity index (χ3v) is 2.69. The van der Waals surface area contributed by atoms with Gasteiger partial charge in [0.1, 0.15) is 0 Å². The summed E-state index contributed by atoms with van der Waals surface area (Å²) >= 11 is 0. The van der Waals surface area contributed by atoms with E-state index in [1.807, 2.05) is 20.8 Å². The van der Waals surface area contributed by atoms with Gasteiger partial charge in [-0.15, -0.1) is 0 Å². The van der Waals surface area contributed by atoms with Crippen LogP contribution in [-0.2, 0) is 9.47 Å². The van der Waals surface area contributed by atoms with Gasteiger partial charge in [-0.05, 0) is 20.8 Å². The van der Waals surface area contributed by atoms with Crippen molar-refractivity contribution in [2.45, 2.75) is 44.8 Å². The molecular weight excluding hydrogens is 206 g/mol. The molecule has 0 aromatic rings. The summed E-state index contributed by atoms with van der Waals surface area (Å²) < 4.78 is 10.8. The molecule has 0 aromatic heterocycles. The van der Waals surface area contributed by atoms with Crippen LogP contribution < -0.4 is 5.32 Å². The third kappa shape index (κ3) is 5.80. The topological polar surface area (TPSA) is 50.7 Å². The molecule has 0 aromatic carbocycles. The highest BCUT2D eigenvalue weighted by atomic mass is 16.5. The van der Waals surface area contributed by atoms with Crippen LogP contribution in [0.3, 0.4) is 0 Å². The van der Waals surface area contributed by atoms with E-state index in [0.29, 0.717) is 26.4 Å². The molecule has 1 saturated heterocycles. The van der Waals surface area contributed by atoms with Gasteiger partial charge in [-0.3, -0.25) is 0 Å². The van der Waals surface area contributed by atoms with Gasteiger partial charge in [-0.25, -0.2) is 0 Å². The molecule has 0 bridgehead atoms. The summed E-state index contributed by atoms with van der Waals surface area (Å²) in [6.45, 7) is 9.53. The SMILES string of the molecule is CC(C)(C)OCCNCC1(O)CCOCC1. The Bertz CT molecular complexity index is 195. The number of hydrogen-bond acceptors (Lipinski definition) is 4. The molecule has 4 nitrogen and oxygen atoms in total. The largest absolute Gasteiger partial charge is 0.388 e. The quantitative estimate of drug-likeness (QED) is 0.691. The summed E-state index contributed by atoms with van der Waals surface area (Å²) in [5.74, 6) is 0. The summed E-state index contributed by atoms with van der Waals surface area (Å²) in [6, 6.07) is 0. The van der Waals surface area contributed by atoms with Crippen LogP contribution in [0.2, 0.25) is 0 Å². The summed E-state index contributed by atoms with van der Waals surface area (Å²) in [4.78, 5) is 0. The Morgan fingerprint density at radius 1 is 1.31 bits per heavy atom. The molecule has 1 aliphatic rings. The fourth-order valence-corrected chi connectivity index (χ4v) is 1.68. The smallest absolute Gasteiger partial charge is 0.0815 e. The average Bonchev–Trinajstić information content (AvgIpc) is 2.16. The van der Waals surface area contributed by atoms with Crippen molar-refractivity contribution in [2.24, 2.45) is 0 Å². The molecule has 4 heteroatoms. The molecular formula is C12H25NO3. The Balaban J connectivity index is 2.06. The standard InChI is InChI=1S/C12H25NO3/c1-11(2,3)16-9-6-13-10-12(14)4-7-15-8-5-12/h13-14H,4-10H2,1-3H3. The van der Waals surface area contributed by atoms with Gasteiger partial charge in [-0.1, -0.05) is 0 Å². The van der Waals surface area contributed by atoms with Crippen LogP contribution in [0, 0.1) is 0 Å². The van der Waals surface area contributed by atoms with Crippen LogP contribution >= 0.6 is 0 Å². The van der Waals surface area contributed by atoms with Crippen molar-refractivity contribution in [3.05, 3.63) is 0 Å². The molecule has 1 aliphatic heterocycles. The lowest BCUT2D eigenvalue weighted by atomic mass is 9.94. The number of nitrogens with one attached hydrogen (secondary N) is 1. The molecule has 1 rings (SSSR count). The molecule has 0 radical (unpaired) electrons. The summed E-state index contributed by atoms with van der Waals surface area (Å²) in [5, 5.41) is 13.4. The van der Waals surface area contributed by atoms with Crippen molar-refractivity contribution in [3.63, 3.8) is 0 Å². The van der Waals surface area contributed by atoms with E-state index in [2.05, 4.69) is 5.32 Å². The average molecular weight is 231 g/mol. The zero-order chi connectivity index (χ0) is 12.1. The van der Waals surface area contributed by atoms with Crippen LogP contribution in [0.25, 0.3) is 0 Å². The predicted molar refractivity (Wildman–Crippen MR) is 63.6 cm³/mol. The van der Waals surface area contributed by atoms with Crippen LogP contribution in [0.1, 0.15) is 33.6 Å². The second-order valence-corrected chi connectivity index (χ2v) is 5.47. The highest BCUT2D eigenvalue weighted by Gasteiger charge is 2.28. The Labute approximate surface area is 98.3 Å². The molecule has 2 N–H and O–H groups in total. The maximum absolute atomic E-state index is 10.1. The summed E-state index contributed by atoms with van der Waals surface area (Å²) in [6.07, 6.45) is 1.44. The van der Waals surface area contributed by atoms with Gasteiger partial charge in [0.25, 0.3) is 0 Å². The van der Waals surface area contributed by atoms with Crippen LogP contribution in [0.5, 0.6) is 0 Å². The van der Waals surface area contributed by atoms with Gasteiger partial charge in [-0.2, -0.15) is 0 Å². The van der Waals surface area contributed by atoms with Gasteiger partial charge in [0, 0.05) is 39.1 Å². The predicted octanol–water partition coefficient (Wildman–Crippen LogP) is 0.933. The molecule has 0 saturated carbocycles. The lowest BCUT2D eigenvalue weighted by molar-refractivity contribution is -0.0632. The van der Waals surface area contributed by atoms with Crippen molar-refractivity contribution in [1.29, 1.82) is 0 Å². The third-order valence-electron chi connectivity index (χ3n) is 2.69. The van der Waals surface area contributed by atoms with E-state index in [0.717, 1.165) is 19.4 Å². The van der Waals surface area contributed by atoms with E-state index in [1.54, 1.807) is 0 Å². The maximum atomic E-state index is 10.1. The van der Waals surface area contributed by atoms with Gasteiger partial charge in [0.2, 0.25) is 0 Å². The van der Waals surface area contributed by atoms with E-state index >= 15 is 0 Å². The Hall–Kier alpha value is -0.160. The van der Waals surface area contributed by atoms with Gasteiger partial charge in [0.15, 0.2) is 0 Å². The molecule has 16 heavy (non-hydrogen) atoms. The normalized spacial score (nSPS) is 21.0. The molecule has 96 valence electrons. The van der Waals surface area contributed by atoms with Gasteiger partial charge in [0.05, 0.1) is 17.8 Å². The minimum Gasteiger partial charge on any atom is -0.388 e.